The van der Waals surface area contributed by atoms with E-state index < -0.39 is 0 Å². The predicted molar refractivity (Wildman–Crippen MR) is 80.5 cm³/mol. The summed E-state index contributed by atoms with van der Waals surface area (Å²) in [6, 6.07) is 7.92. The van der Waals surface area contributed by atoms with Crippen LogP contribution in [0.4, 0.5) is 11.4 Å². The van der Waals surface area contributed by atoms with Gasteiger partial charge in [0.15, 0.2) is 0 Å². The Morgan fingerprint density at radius 2 is 2.11 bits per heavy atom. The van der Waals surface area contributed by atoms with E-state index in [1.54, 1.807) is 6.20 Å². The third-order valence-corrected chi connectivity index (χ3v) is 3.09. The number of benzene rings is 1. The Balaban J connectivity index is 2.18. The van der Waals surface area contributed by atoms with Crippen LogP contribution in [0, 0.1) is 0 Å². The molecule has 1 aromatic carbocycles. The molecule has 102 valence electrons. The van der Waals surface area contributed by atoms with E-state index in [9.17, 15) is 0 Å². The van der Waals surface area contributed by atoms with Crippen LogP contribution < -0.4 is 10.6 Å². The van der Waals surface area contributed by atoms with Crippen molar-refractivity contribution in [3.63, 3.8) is 0 Å². The largest absolute Gasteiger partial charge is 0.396 e. The lowest BCUT2D eigenvalue weighted by atomic mass is 10.1. The van der Waals surface area contributed by atoms with Crippen LogP contribution in [0.1, 0.15) is 13.8 Å². The molecule has 0 radical (unpaired) electrons. The predicted octanol–water partition coefficient (Wildman–Crippen LogP) is 2.68. The Hall–Kier alpha value is -1.81. The lowest BCUT2D eigenvalue weighted by Gasteiger charge is -2.22. The minimum atomic E-state index is 0.256. The van der Waals surface area contributed by atoms with Crippen LogP contribution in [-0.4, -0.2) is 31.3 Å². The summed E-state index contributed by atoms with van der Waals surface area (Å²) in [5.41, 5.74) is 8.95. The van der Waals surface area contributed by atoms with Crippen molar-refractivity contribution >= 4 is 22.3 Å². The van der Waals surface area contributed by atoms with Gasteiger partial charge in [0.25, 0.3) is 0 Å². The molecule has 4 heteroatoms. The number of nitrogen functional groups attached to an aromatic ring is 1. The number of pyridine rings is 1. The Morgan fingerprint density at radius 1 is 1.32 bits per heavy atom. The Labute approximate surface area is 114 Å². The number of likely N-dealkylation sites (N-methyl/N-ethyl adjacent to an activating group) is 1. The van der Waals surface area contributed by atoms with Gasteiger partial charge in [-0.1, -0.05) is 0 Å². The first kappa shape index (κ1) is 13.6. The Kier molecular flexibility index (Phi) is 4.22. The summed E-state index contributed by atoms with van der Waals surface area (Å²) in [5.74, 6) is 0. The quantitative estimate of drug-likeness (QED) is 0.839. The van der Waals surface area contributed by atoms with E-state index in [0.717, 1.165) is 28.8 Å². The highest BCUT2D eigenvalue weighted by Crippen LogP contribution is 2.29. The summed E-state index contributed by atoms with van der Waals surface area (Å²) >= 11 is 0. The van der Waals surface area contributed by atoms with Gasteiger partial charge in [-0.15, -0.1) is 0 Å². The summed E-state index contributed by atoms with van der Waals surface area (Å²) in [7, 11) is 2.03. The van der Waals surface area contributed by atoms with E-state index in [1.807, 2.05) is 45.2 Å². The zero-order valence-electron chi connectivity index (χ0n) is 11.8. The Bertz CT molecular complexity index is 554. The van der Waals surface area contributed by atoms with Crippen molar-refractivity contribution in [3.8, 4) is 0 Å². The molecule has 2 N–H and O–H groups in total. The fraction of sp³-hybridized carbons (Fsp3) is 0.400. The average molecular weight is 259 g/mol. The smallest absolute Gasteiger partial charge is 0.0724 e. The van der Waals surface area contributed by atoms with Gasteiger partial charge in [-0.05, 0) is 38.1 Å². The van der Waals surface area contributed by atoms with E-state index in [0.29, 0.717) is 6.61 Å². The van der Waals surface area contributed by atoms with Crippen molar-refractivity contribution in [3.05, 3.63) is 30.5 Å². The first-order valence-electron chi connectivity index (χ1n) is 6.55. The molecular weight excluding hydrogens is 238 g/mol. The van der Waals surface area contributed by atoms with Crippen molar-refractivity contribution < 1.29 is 4.74 Å². The second-order valence-electron chi connectivity index (χ2n) is 4.91. The normalized spacial score (nSPS) is 11.2. The van der Waals surface area contributed by atoms with E-state index in [-0.39, 0.29) is 6.10 Å². The Morgan fingerprint density at radius 3 is 2.84 bits per heavy atom. The standard InChI is InChI=1S/C15H21N3O/c1-11(2)19-10-9-18(3)14-7-6-13-12(15(14)16)5-4-8-17-13/h4-8,11H,9-10,16H2,1-3H3. The van der Waals surface area contributed by atoms with Crippen LogP contribution in [0.2, 0.25) is 0 Å². The maximum atomic E-state index is 6.23. The SMILES string of the molecule is CC(C)OCCN(C)c1ccc2ncccc2c1N. The molecule has 0 aliphatic rings. The van der Waals surface area contributed by atoms with Gasteiger partial charge in [-0.2, -0.15) is 0 Å². The van der Waals surface area contributed by atoms with Crippen LogP contribution in [0.25, 0.3) is 10.9 Å². The number of nitrogens with two attached hydrogens (primary N) is 1. The number of aromatic nitrogens is 1. The van der Waals surface area contributed by atoms with Crippen molar-refractivity contribution in [2.75, 3.05) is 30.8 Å². The van der Waals surface area contributed by atoms with E-state index in [2.05, 4.69) is 9.88 Å². The highest BCUT2D eigenvalue weighted by Gasteiger charge is 2.09. The lowest BCUT2D eigenvalue weighted by molar-refractivity contribution is 0.0846. The zero-order valence-corrected chi connectivity index (χ0v) is 11.8. The molecule has 0 unspecified atom stereocenters. The maximum Gasteiger partial charge on any atom is 0.0724 e. The molecule has 0 aliphatic carbocycles. The molecule has 2 aromatic rings. The molecule has 0 aliphatic heterocycles. The molecule has 0 atom stereocenters. The van der Waals surface area contributed by atoms with Crippen molar-refractivity contribution in [1.82, 2.24) is 4.98 Å². The summed E-state index contributed by atoms with van der Waals surface area (Å²) in [6.45, 7) is 5.58. The fourth-order valence-electron chi connectivity index (χ4n) is 2.04. The third kappa shape index (κ3) is 3.15. The van der Waals surface area contributed by atoms with Gasteiger partial charge in [0.1, 0.15) is 0 Å². The maximum absolute atomic E-state index is 6.23. The van der Waals surface area contributed by atoms with Crippen molar-refractivity contribution in [2.24, 2.45) is 0 Å². The van der Waals surface area contributed by atoms with Crippen LogP contribution in [0.3, 0.4) is 0 Å². The second-order valence-corrected chi connectivity index (χ2v) is 4.91. The first-order chi connectivity index (χ1) is 9.09. The summed E-state index contributed by atoms with van der Waals surface area (Å²) < 4.78 is 5.57. The van der Waals surface area contributed by atoms with Gasteiger partial charge < -0.3 is 15.4 Å². The molecule has 4 nitrogen and oxygen atoms in total. The molecule has 0 saturated carbocycles. The molecule has 19 heavy (non-hydrogen) atoms. The number of anilines is 2. The number of fused-ring (bicyclic) bond motifs is 1. The fourth-order valence-corrected chi connectivity index (χ4v) is 2.04. The van der Waals surface area contributed by atoms with Crippen LogP contribution in [0.5, 0.6) is 0 Å². The molecule has 2 rings (SSSR count). The van der Waals surface area contributed by atoms with Crippen LogP contribution >= 0.6 is 0 Å². The number of hydrogen-bond acceptors (Lipinski definition) is 4. The van der Waals surface area contributed by atoms with Gasteiger partial charge in [-0.3, -0.25) is 4.98 Å². The highest BCUT2D eigenvalue weighted by atomic mass is 16.5. The van der Waals surface area contributed by atoms with Crippen molar-refractivity contribution in [2.45, 2.75) is 20.0 Å². The van der Waals surface area contributed by atoms with Gasteiger partial charge in [0, 0.05) is 25.2 Å². The molecule has 0 saturated heterocycles. The number of hydrogen-bond donors (Lipinski definition) is 1. The van der Waals surface area contributed by atoms with E-state index in [4.69, 9.17) is 10.5 Å². The van der Waals surface area contributed by atoms with E-state index in [1.165, 1.54) is 0 Å². The highest BCUT2D eigenvalue weighted by molar-refractivity contribution is 5.97. The van der Waals surface area contributed by atoms with Gasteiger partial charge in [-0.25, -0.2) is 0 Å². The molecule has 0 amide bonds. The first-order valence-corrected chi connectivity index (χ1v) is 6.55. The second kappa shape index (κ2) is 5.89. The molecule has 1 aromatic heterocycles. The topological polar surface area (TPSA) is 51.4 Å². The molecular formula is C15H21N3O. The molecule has 1 heterocycles. The number of nitrogens with zero attached hydrogens (tertiary/aromatic N) is 2. The molecule has 0 fully saturated rings. The average Bonchev–Trinajstić information content (AvgIpc) is 2.39. The summed E-state index contributed by atoms with van der Waals surface area (Å²) in [6.07, 6.45) is 2.04. The number of rotatable bonds is 5. The molecule has 0 bridgehead atoms. The van der Waals surface area contributed by atoms with Crippen molar-refractivity contribution in [1.29, 1.82) is 0 Å². The third-order valence-electron chi connectivity index (χ3n) is 3.09. The number of ether oxygens (including phenoxy) is 1. The van der Waals surface area contributed by atoms with Gasteiger partial charge in [0.05, 0.1) is 29.6 Å². The summed E-state index contributed by atoms with van der Waals surface area (Å²) in [4.78, 5) is 6.42. The van der Waals surface area contributed by atoms with Crippen LogP contribution in [-0.2, 0) is 4.74 Å². The van der Waals surface area contributed by atoms with Gasteiger partial charge >= 0.3 is 0 Å². The zero-order chi connectivity index (χ0) is 13.8. The monoisotopic (exact) mass is 259 g/mol. The molecule has 0 spiro atoms. The van der Waals surface area contributed by atoms with Crippen LogP contribution in [0.15, 0.2) is 30.5 Å². The lowest BCUT2D eigenvalue weighted by Crippen LogP contribution is -2.24. The van der Waals surface area contributed by atoms with Gasteiger partial charge in [0.2, 0.25) is 0 Å². The van der Waals surface area contributed by atoms with E-state index >= 15 is 0 Å². The minimum Gasteiger partial charge on any atom is -0.396 e. The summed E-state index contributed by atoms with van der Waals surface area (Å²) in [5, 5.41) is 0.997. The minimum absolute atomic E-state index is 0.256.